The maximum atomic E-state index is 12.3. The van der Waals surface area contributed by atoms with Crippen LogP contribution in [0.2, 0.25) is 0 Å². The molecule has 0 bridgehead atoms. The third-order valence-corrected chi connectivity index (χ3v) is 0.973. The van der Waals surface area contributed by atoms with Crippen molar-refractivity contribution in [1.82, 2.24) is 0 Å². The molecule has 1 rings (SSSR count). The third-order valence-electron chi connectivity index (χ3n) is 0.973. The Hall–Kier alpha value is -0.930. The van der Waals surface area contributed by atoms with Gasteiger partial charge in [-0.3, -0.25) is 4.99 Å². The maximum Gasteiger partial charge on any atom is 0.349 e. The van der Waals surface area contributed by atoms with Gasteiger partial charge in [-0.15, -0.1) is 0 Å². The second kappa shape index (κ2) is 1.27. The fourth-order valence-electron chi connectivity index (χ4n) is 0.374. The Morgan fingerprint density at radius 1 is 2.00 bits per heavy atom. The number of halogens is 1. The van der Waals surface area contributed by atoms with Crippen LogP contribution >= 0.6 is 0 Å². The van der Waals surface area contributed by atoms with E-state index in [0.717, 1.165) is 6.21 Å². The Morgan fingerprint density at radius 3 is 2.50 bits per heavy atom. The molecule has 0 radical (unpaired) electrons. The highest BCUT2D eigenvalue weighted by atomic mass is 19.1. The number of nitrogens with zero attached hydrogens (tertiary/aromatic N) is 1. The van der Waals surface area contributed by atoms with Crippen LogP contribution in [0.5, 0.6) is 0 Å². The molecule has 1 atom stereocenters. The molecule has 1 N–H and O–H groups in total. The third kappa shape index (κ3) is 0.492. The van der Waals surface area contributed by atoms with E-state index in [2.05, 4.69) is 4.99 Å². The van der Waals surface area contributed by atoms with Crippen molar-refractivity contribution in [3.63, 3.8) is 0 Å². The number of carbonyl (C=O) groups is 1. The van der Waals surface area contributed by atoms with E-state index in [9.17, 15) is 9.18 Å². The predicted octanol–water partition coefficient (Wildman–Crippen LogP) is -0.136. The van der Waals surface area contributed by atoms with Gasteiger partial charge in [0, 0.05) is 6.21 Å². The minimum absolute atomic E-state index is 0.234. The molecule has 1 aliphatic rings. The summed E-state index contributed by atoms with van der Waals surface area (Å²) in [7, 11) is 0. The minimum atomic E-state index is -2.15. The van der Waals surface area contributed by atoms with Gasteiger partial charge >= 0.3 is 5.97 Å². The number of hydrogen-bond donors (Lipinski definition) is 1. The van der Waals surface area contributed by atoms with E-state index in [0.29, 0.717) is 0 Å². The molecule has 8 heavy (non-hydrogen) atoms. The highest BCUT2D eigenvalue weighted by molar-refractivity contribution is 6.01. The van der Waals surface area contributed by atoms with Gasteiger partial charge in [0.2, 0.25) is 0 Å². The summed E-state index contributed by atoms with van der Waals surface area (Å²) >= 11 is 0. The molecule has 4 heteroatoms. The molecular formula is C4H4FNO2. The molecule has 0 saturated heterocycles. The van der Waals surface area contributed by atoms with E-state index in [1.165, 1.54) is 0 Å². The first-order chi connectivity index (χ1) is 3.65. The Labute approximate surface area is 44.8 Å². The van der Waals surface area contributed by atoms with Crippen molar-refractivity contribution in [2.24, 2.45) is 4.99 Å². The van der Waals surface area contributed by atoms with Gasteiger partial charge in [0.1, 0.15) is 0 Å². The van der Waals surface area contributed by atoms with Gasteiger partial charge in [-0.1, -0.05) is 0 Å². The van der Waals surface area contributed by atoms with Crippen molar-refractivity contribution < 1.29 is 14.3 Å². The van der Waals surface area contributed by atoms with Crippen LogP contribution in [-0.4, -0.2) is 29.5 Å². The number of hydrogen-bond acceptors (Lipinski definition) is 2. The molecule has 1 unspecified atom stereocenters. The summed E-state index contributed by atoms with van der Waals surface area (Å²) in [6.45, 7) is -0.234. The lowest BCUT2D eigenvalue weighted by atomic mass is 10.1. The molecular weight excluding hydrogens is 113 g/mol. The first-order valence-electron chi connectivity index (χ1n) is 2.08. The van der Waals surface area contributed by atoms with Crippen LogP contribution in [0.15, 0.2) is 4.99 Å². The van der Waals surface area contributed by atoms with Crippen LogP contribution in [-0.2, 0) is 4.79 Å². The Kier molecular flexibility index (Phi) is 0.829. The van der Waals surface area contributed by atoms with Crippen LogP contribution in [0.25, 0.3) is 0 Å². The average Bonchev–Trinajstić information content (AvgIpc) is 1.60. The van der Waals surface area contributed by atoms with E-state index >= 15 is 0 Å². The quantitative estimate of drug-likeness (QED) is 0.519. The normalized spacial score (nSPS) is 34.1. The summed E-state index contributed by atoms with van der Waals surface area (Å²) in [6, 6.07) is 0. The Bertz CT molecular complexity index is 156. The summed E-state index contributed by atoms with van der Waals surface area (Å²) in [4.78, 5) is 13.1. The standard InChI is InChI=1S/C4H4FNO2/c5-4(3(7)8)1-6-2-4/h1H,2H2,(H,7,8). The number of carboxylic acid groups (broad SMARTS) is 1. The Balaban J connectivity index is 2.70. The Morgan fingerprint density at radius 2 is 2.50 bits per heavy atom. The largest absolute Gasteiger partial charge is 0.479 e. The lowest BCUT2D eigenvalue weighted by molar-refractivity contribution is -0.146. The second-order valence-corrected chi connectivity index (χ2v) is 1.64. The number of aliphatic carboxylic acids is 1. The first kappa shape index (κ1) is 5.21. The minimum Gasteiger partial charge on any atom is -0.479 e. The molecule has 0 aromatic rings. The summed E-state index contributed by atoms with van der Waals surface area (Å²) in [6.07, 6.45) is 0.801. The van der Waals surface area contributed by atoms with Crippen LogP contribution in [0.4, 0.5) is 4.39 Å². The molecule has 1 aliphatic heterocycles. The van der Waals surface area contributed by atoms with Gasteiger partial charge in [0.15, 0.2) is 0 Å². The zero-order chi connectivity index (χ0) is 6.20. The molecule has 3 nitrogen and oxygen atoms in total. The molecule has 0 fully saturated rings. The molecule has 0 aromatic carbocycles. The van der Waals surface area contributed by atoms with Gasteiger partial charge in [-0.2, -0.15) is 0 Å². The summed E-state index contributed by atoms with van der Waals surface area (Å²) in [5.74, 6) is -1.45. The van der Waals surface area contributed by atoms with Gasteiger partial charge in [-0.25, -0.2) is 9.18 Å². The van der Waals surface area contributed by atoms with Crippen molar-refractivity contribution >= 4 is 12.2 Å². The lowest BCUT2D eigenvalue weighted by Crippen LogP contribution is -2.44. The molecule has 0 aromatic heterocycles. The van der Waals surface area contributed by atoms with E-state index in [4.69, 9.17) is 5.11 Å². The zero-order valence-corrected chi connectivity index (χ0v) is 3.97. The van der Waals surface area contributed by atoms with Crippen LogP contribution in [0.1, 0.15) is 0 Å². The van der Waals surface area contributed by atoms with Gasteiger partial charge in [-0.05, 0) is 0 Å². The highest BCUT2D eigenvalue weighted by Gasteiger charge is 2.41. The number of alkyl halides is 1. The van der Waals surface area contributed by atoms with Crippen LogP contribution < -0.4 is 0 Å². The fraction of sp³-hybridized carbons (Fsp3) is 0.500. The van der Waals surface area contributed by atoms with Crippen LogP contribution in [0.3, 0.4) is 0 Å². The van der Waals surface area contributed by atoms with Crippen molar-refractivity contribution in [3.05, 3.63) is 0 Å². The SMILES string of the molecule is O=C(O)C1(F)C=NC1. The molecule has 0 amide bonds. The van der Waals surface area contributed by atoms with Crippen molar-refractivity contribution in [2.45, 2.75) is 5.67 Å². The molecule has 0 saturated carbocycles. The maximum absolute atomic E-state index is 12.3. The van der Waals surface area contributed by atoms with Crippen molar-refractivity contribution in [1.29, 1.82) is 0 Å². The molecule has 0 spiro atoms. The summed E-state index contributed by atoms with van der Waals surface area (Å²) in [5, 5.41) is 8.03. The molecule has 44 valence electrons. The van der Waals surface area contributed by atoms with Crippen molar-refractivity contribution in [2.75, 3.05) is 6.54 Å². The van der Waals surface area contributed by atoms with E-state index in [1.54, 1.807) is 0 Å². The topological polar surface area (TPSA) is 49.7 Å². The number of carboxylic acids is 1. The predicted molar refractivity (Wildman–Crippen MR) is 24.8 cm³/mol. The van der Waals surface area contributed by atoms with E-state index in [-0.39, 0.29) is 6.54 Å². The second-order valence-electron chi connectivity index (χ2n) is 1.64. The zero-order valence-electron chi connectivity index (χ0n) is 3.97. The molecule has 0 aliphatic carbocycles. The average molecular weight is 117 g/mol. The van der Waals surface area contributed by atoms with Gasteiger partial charge in [0.25, 0.3) is 5.67 Å². The smallest absolute Gasteiger partial charge is 0.349 e. The number of rotatable bonds is 1. The fourth-order valence-corrected chi connectivity index (χ4v) is 0.374. The van der Waals surface area contributed by atoms with Crippen molar-refractivity contribution in [3.8, 4) is 0 Å². The van der Waals surface area contributed by atoms with E-state index in [1.807, 2.05) is 0 Å². The van der Waals surface area contributed by atoms with Gasteiger partial charge < -0.3 is 5.11 Å². The number of aliphatic imine (C=N–C) groups is 1. The first-order valence-corrected chi connectivity index (χ1v) is 2.08. The monoisotopic (exact) mass is 117 g/mol. The lowest BCUT2D eigenvalue weighted by Gasteiger charge is -2.19. The molecule has 1 heterocycles. The van der Waals surface area contributed by atoms with E-state index < -0.39 is 11.6 Å². The highest BCUT2D eigenvalue weighted by Crippen LogP contribution is 2.15. The van der Waals surface area contributed by atoms with Gasteiger partial charge in [0.05, 0.1) is 6.54 Å². The summed E-state index contributed by atoms with van der Waals surface area (Å²) in [5.41, 5.74) is -2.15. The van der Waals surface area contributed by atoms with Crippen LogP contribution in [0, 0.1) is 0 Å². The summed E-state index contributed by atoms with van der Waals surface area (Å²) < 4.78 is 12.3.